The number of fused-ring (bicyclic) bond motifs is 1. The quantitative estimate of drug-likeness (QED) is 0.549. The fourth-order valence-corrected chi connectivity index (χ4v) is 3.26. The number of nitrogens with zero attached hydrogens (tertiary/aromatic N) is 2. The van der Waals surface area contributed by atoms with Crippen LogP contribution in [0, 0.1) is 16.0 Å². The van der Waals surface area contributed by atoms with Gasteiger partial charge in [-0.3, -0.25) is 24.6 Å². The maximum atomic E-state index is 13.0. The summed E-state index contributed by atoms with van der Waals surface area (Å²) in [7, 11) is 1.46. The van der Waals surface area contributed by atoms with E-state index in [2.05, 4.69) is 5.32 Å². The summed E-state index contributed by atoms with van der Waals surface area (Å²) in [4.78, 5) is 37.5. The number of anilines is 2. The van der Waals surface area contributed by atoms with Crippen LogP contribution in [0.25, 0.3) is 0 Å². The number of carbonyl (C=O) groups is 2. The first kappa shape index (κ1) is 21.4. The minimum Gasteiger partial charge on any atom is -0.495 e. The van der Waals surface area contributed by atoms with Crippen molar-refractivity contribution in [3.63, 3.8) is 0 Å². The minimum atomic E-state index is -0.868. The molecule has 2 aromatic carbocycles. The summed E-state index contributed by atoms with van der Waals surface area (Å²) in [5.41, 5.74) is 0.481. The van der Waals surface area contributed by atoms with E-state index in [1.165, 1.54) is 36.3 Å². The lowest BCUT2D eigenvalue weighted by Crippen LogP contribution is -2.50. The maximum Gasteiger partial charge on any atom is 0.273 e. The predicted molar refractivity (Wildman–Crippen MR) is 111 cm³/mol. The summed E-state index contributed by atoms with van der Waals surface area (Å²) < 4.78 is 10.9. The molecule has 0 aromatic heterocycles. The highest BCUT2D eigenvalue weighted by molar-refractivity contribution is 6.31. The summed E-state index contributed by atoms with van der Waals surface area (Å²) >= 11 is 5.99. The number of methoxy groups -OCH3 is 1. The number of non-ortho nitro benzene ring substituents is 1. The molecule has 30 heavy (non-hydrogen) atoms. The molecule has 1 aliphatic heterocycles. The van der Waals surface area contributed by atoms with Crippen molar-refractivity contribution >= 4 is 40.5 Å². The van der Waals surface area contributed by atoms with E-state index in [1.54, 1.807) is 26.0 Å². The number of hydrogen-bond acceptors (Lipinski definition) is 6. The zero-order chi connectivity index (χ0) is 22.0. The van der Waals surface area contributed by atoms with E-state index >= 15 is 0 Å². The summed E-state index contributed by atoms with van der Waals surface area (Å²) in [5.74, 6) is -0.506. The summed E-state index contributed by atoms with van der Waals surface area (Å²) in [6.07, 6.45) is -0.868. The van der Waals surface area contributed by atoms with E-state index in [0.717, 1.165) is 0 Å². The third-order valence-corrected chi connectivity index (χ3v) is 4.79. The first-order valence-corrected chi connectivity index (χ1v) is 9.49. The molecule has 0 saturated carbocycles. The lowest BCUT2D eigenvalue weighted by molar-refractivity contribution is -0.384. The SMILES string of the molecule is COc1ccc(Cl)cc1NC(=O)CN1C(=O)C(C(C)C)Oc2cc([N+](=O)[O-])ccc21. The van der Waals surface area contributed by atoms with E-state index in [4.69, 9.17) is 21.1 Å². The second-order valence-electron chi connectivity index (χ2n) is 7.01. The second kappa shape index (κ2) is 8.58. The molecule has 2 amide bonds. The van der Waals surface area contributed by atoms with Gasteiger partial charge in [0.05, 0.1) is 29.5 Å². The van der Waals surface area contributed by atoms with Crippen molar-refractivity contribution in [2.24, 2.45) is 5.92 Å². The van der Waals surface area contributed by atoms with E-state index in [9.17, 15) is 19.7 Å². The van der Waals surface area contributed by atoms with Gasteiger partial charge in [0.2, 0.25) is 5.91 Å². The maximum absolute atomic E-state index is 13.0. The van der Waals surface area contributed by atoms with Gasteiger partial charge in [-0.1, -0.05) is 25.4 Å². The fourth-order valence-electron chi connectivity index (χ4n) is 3.09. The Labute approximate surface area is 177 Å². The van der Waals surface area contributed by atoms with Crippen LogP contribution in [0.2, 0.25) is 5.02 Å². The molecule has 1 aliphatic rings. The number of nitro benzene ring substituents is 1. The van der Waals surface area contributed by atoms with E-state index in [0.29, 0.717) is 16.5 Å². The van der Waals surface area contributed by atoms with Crippen molar-refractivity contribution in [1.29, 1.82) is 0 Å². The molecular weight excluding hydrogens is 414 g/mol. The van der Waals surface area contributed by atoms with Crippen molar-refractivity contribution in [2.45, 2.75) is 20.0 Å². The number of rotatable bonds is 6. The van der Waals surface area contributed by atoms with Gasteiger partial charge >= 0.3 is 0 Å². The van der Waals surface area contributed by atoms with Gasteiger partial charge in [-0.05, 0) is 30.2 Å². The lowest BCUT2D eigenvalue weighted by Gasteiger charge is -2.35. The largest absolute Gasteiger partial charge is 0.495 e. The van der Waals surface area contributed by atoms with E-state index in [-0.39, 0.29) is 29.6 Å². The molecule has 1 atom stereocenters. The van der Waals surface area contributed by atoms with Crippen LogP contribution < -0.4 is 19.7 Å². The molecule has 0 bridgehead atoms. The fraction of sp³-hybridized carbons (Fsp3) is 0.300. The smallest absolute Gasteiger partial charge is 0.273 e. The molecular formula is C20H20ClN3O6. The highest BCUT2D eigenvalue weighted by atomic mass is 35.5. The highest BCUT2D eigenvalue weighted by Gasteiger charge is 2.38. The molecule has 1 heterocycles. The summed E-state index contributed by atoms with van der Waals surface area (Å²) in [6.45, 7) is 3.27. The normalized spacial score (nSPS) is 15.4. The lowest BCUT2D eigenvalue weighted by atomic mass is 10.0. The number of hydrogen-bond donors (Lipinski definition) is 1. The molecule has 1 N–H and O–H groups in total. The van der Waals surface area contributed by atoms with Gasteiger partial charge in [0, 0.05) is 11.1 Å². The number of ether oxygens (including phenoxy) is 2. The Bertz CT molecular complexity index is 1010. The van der Waals surface area contributed by atoms with Crippen molar-refractivity contribution in [3.8, 4) is 11.5 Å². The van der Waals surface area contributed by atoms with Gasteiger partial charge in [-0.25, -0.2) is 0 Å². The first-order valence-electron chi connectivity index (χ1n) is 9.11. The Hall–Kier alpha value is -3.33. The van der Waals surface area contributed by atoms with Gasteiger partial charge in [0.25, 0.3) is 11.6 Å². The van der Waals surface area contributed by atoms with Gasteiger partial charge in [-0.15, -0.1) is 0 Å². The van der Waals surface area contributed by atoms with Gasteiger partial charge in [-0.2, -0.15) is 0 Å². The molecule has 10 heteroatoms. The molecule has 0 fully saturated rings. The predicted octanol–water partition coefficient (Wildman–Crippen LogP) is 3.65. The molecule has 0 saturated heterocycles. The first-order chi connectivity index (χ1) is 14.2. The number of carbonyl (C=O) groups excluding carboxylic acids is 2. The Morgan fingerprint density at radius 2 is 2.07 bits per heavy atom. The Morgan fingerprint density at radius 3 is 2.70 bits per heavy atom. The van der Waals surface area contributed by atoms with Crippen LogP contribution in [0.5, 0.6) is 11.5 Å². The molecule has 0 spiro atoms. The van der Waals surface area contributed by atoms with Crippen LogP contribution in [0.15, 0.2) is 36.4 Å². The van der Waals surface area contributed by atoms with Crippen molar-refractivity contribution in [2.75, 3.05) is 23.9 Å². The number of benzene rings is 2. The van der Waals surface area contributed by atoms with E-state index in [1.807, 2.05) is 0 Å². The third-order valence-electron chi connectivity index (χ3n) is 4.55. The molecule has 1 unspecified atom stereocenters. The average molecular weight is 434 g/mol. The Balaban J connectivity index is 1.90. The van der Waals surface area contributed by atoms with Crippen molar-refractivity contribution < 1.29 is 24.0 Å². The molecule has 2 aromatic rings. The van der Waals surface area contributed by atoms with Crippen LogP contribution in [-0.4, -0.2) is 36.5 Å². The summed E-state index contributed by atoms with van der Waals surface area (Å²) in [6, 6.07) is 8.68. The minimum absolute atomic E-state index is 0.168. The van der Waals surface area contributed by atoms with Crippen molar-refractivity contribution in [3.05, 3.63) is 51.5 Å². The van der Waals surface area contributed by atoms with Crippen LogP contribution in [-0.2, 0) is 9.59 Å². The zero-order valence-electron chi connectivity index (χ0n) is 16.5. The third kappa shape index (κ3) is 4.30. The van der Waals surface area contributed by atoms with Crippen LogP contribution in [0.4, 0.5) is 17.1 Å². The zero-order valence-corrected chi connectivity index (χ0v) is 17.3. The van der Waals surface area contributed by atoms with Gasteiger partial charge in [0.1, 0.15) is 12.3 Å². The van der Waals surface area contributed by atoms with Gasteiger partial charge in [0.15, 0.2) is 11.9 Å². The number of halogens is 1. The highest BCUT2D eigenvalue weighted by Crippen LogP contribution is 2.38. The topological polar surface area (TPSA) is 111 Å². The van der Waals surface area contributed by atoms with Crippen LogP contribution in [0.1, 0.15) is 13.8 Å². The standard InChI is InChI=1S/C20H20ClN3O6/c1-11(2)19-20(26)23(15-6-5-13(24(27)28)9-17(15)30-19)10-18(25)22-14-8-12(21)4-7-16(14)29-3/h4-9,11,19H,10H2,1-3H3,(H,22,25). The van der Waals surface area contributed by atoms with Gasteiger partial charge < -0.3 is 14.8 Å². The molecule has 0 aliphatic carbocycles. The number of nitro groups is 1. The molecule has 158 valence electrons. The molecule has 0 radical (unpaired) electrons. The average Bonchev–Trinajstić information content (AvgIpc) is 2.69. The number of amides is 2. The Morgan fingerprint density at radius 1 is 1.33 bits per heavy atom. The van der Waals surface area contributed by atoms with Crippen LogP contribution in [0.3, 0.4) is 0 Å². The number of nitrogens with one attached hydrogen (secondary N) is 1. The molecule has 3 rings (SSSR count). The van der Waals surface area contributed by atoms with Crippen molar-refractivity contribution in [1.82, 2.24) is 0 Å². The van der Waals surface area contributed by atoms with E-state index < -0.39 is 22.8 Å². The Kier molecular flexibility index (Phi) is 6.12. The monoisotopic (exact) mass is 433 g/mol. The molecule has 9 nitrogen and oxygen atoms in total. The van der Waals surface area contributed by atoms with Crippen LogP contribution >= 0.6 is 11.6 Å². The summed E-state index contributed by atoms with van der Waals surface area (Å²) in [5, 5.41) is 14.2. The second-order valence-corrected chi connectivity index (χ2v) is 7.45.